The third-order valence-corrected chi connectivity index (χ3v) is 13.8. The normalized spacial score (nSPS) is 13.2. The van der Waals surface area contributed by atoms with Crippen LogP contribution in [0.1, 0.15) is 85.5 Å². The van der Waals surface area contributed by atoms with Crippen molar-refractivity contribution in [3.05, 3.63) is 30.3 Å². The molecule has 0 saturated carbocycles. The summed E-state index contributed by atoms with van der Waals surface area (Å²) in [5.74, 6) is 0. The molecule has 0 saturated heterocycles. The predicted octanol–water partition coefficient (Wildman–Crippen LogP) is 7.69. The van der Waals surface area contributed by atoms with Gasteiger partial charge in [0.05, 0.1) is 4.90 Å². The van der Waals surface area contributed by atoms with Crippen LogP contribution in [0, 0.1) is 0 Å². The maximum absolute atomic E-state index is 10.4. The molecule has 172 valence electrons. The molecule has 0 aliphatic rings. The second-order valence-electron chi connectivity index (χ2n) is 9.06. The van der Waals surface area contributed by atoms with E-state index in [4.69, 9.17) is 4.55 Å². The van der Waals surface area contributed by atoms with Crippen LogP contribution in [0.2, 0.25) is 0 Å². The molecule has 0 bridgehead atoms. The number of hydrogen-bond donors (Lipinski definition) is 1. The van der Waals surface area contributed by atoms with Gasteiger partial charge in [0.1, 0.15) is 0 Å². The fourth-order valence-corrected chi connectivity index (χ4v) is 11.0. The molecule has 0 aromatic heterocycles. The molecule has 0 fully saturated rings. The van der Waals surface area contributed by atoms with Gasteiger partial charge in [-0.3, -0.25) is 4.55 Å². The van der Waals surface area contributed by atoms with E-state index >= 15 is 0 Å². The van der Waals surface area contributed by atoms with Gasteiger partial charge in [-0.2, -0.15) is 8.42 Å². The number of hydrogen-bond acceptors (Lipinski definition) is 2. The Balaban J connectivity index is 0.000000651. The third kappa shape index (κ3) is 12.1. The van der Waals surface area contributed by atoms with Gasteiger partial charge in [-0.05, 0) is 12.1 Å². The number of rotatable bonds is 14. The summed E-state index contributed by atoms with van der Waals surface area (Å²) in [7, 11) is -4.00. The van der Waals surface area contributed by atoms with E-state index < -0.39 is 16.7 Å². The van der Waals surface area contributed by atoms with Gasteiger partial charge in [-0.25, -0.2) is 0 Å². The van der Waals surface area contributed by atoms with Gasteiger partial charge in [-0.1, -0.05) is 18.2 Å². The van der Waals surface area contributed by atoms with E-state index in [0.717, 1.165) is 0 Å². The van der Waals surface area contributed by atoms with Crippen molar-refractivity contribution in [2.75, 3.05) is 31.3 Å². The molecule has 29 heavy (non-hydrogen) atoms. The smallest absolute Gasteiger partial charge is 0.282 e. The fourth-order valence-electron chi connectivity index (χ4n) is 4.07. The van der Waals surface area contributed by atoms with Gasteiger partial charge in [-0.15, -0.1) is 0 Å². The van der Waals surface area contributed by atoms with Crippen molar-refractivity contribution in [1.29, 1.82) is 0 Å². The van der Waals surface area contributed by atoms with Gasteiger partial charge in [0, 0.05) is 0 Å². The van der Waals surface area contributed by atoms with Crippen LogP contribution in [0.25, 0.3) is 0 Å². The van der Waals surface area contributed by atoms with Crippen molar-refractivity contribution in [2.45, 2.75) is 90.4 Å². The van der Waals surface area contributed by atoms with Gasteiger partial charge in [0.2, 0.25) is 0 Å². The molecule has 0 heterocycles. The van der Waals surface area contributed by atoms with E-state index in [1.165, 1.54) is 69.9 Å². The van der Waals surface area contributed by atoms with Crippen LogP contribution in [0.3, 0.4) is 0 Å². The monoisotopic (exact) mass is 446 g/mol. The Morgan fingerprint density at radius 3 is 1.38 bits per heavy atom. The first kappa shape index (κ1) is 28.6. The minimum atomic E-state index is -4.00. The second kappa shape index (κ2) is 14.5. The van der Waals surface area contributed by atoms with Crippen LogP contribution in [0.4, 0.5) is 0 Å². The van der Waals surface area contributed by atoms with Gasteiger partial charge in [0.25, 0.3) is 10.1 Å². The molecule has 0 amide bonds. The van der Waals surface area contributed by atoms with Crippen molar-refractivity contribution >= 4 is 16.7 Å². The maximum atomic E-state index is 10.4. The van der Waals surface area contributed by atoms with Crippen molar-refractivity contribution < 1.29 is 13.0 Å². The van der Waals surface area contributed by atoms with Crippen LogP contribution < -0.4 is 0 Å². The molecule has 0 aliphatic heterocycles. The zero-order valence-corrected chi connectivity index (χ0v) is 21.4. The largest absolute Gasteiger partial charge is 0.294 e. The molecular formula is C24H47O3PS. The van der Waals surface area contributed by atoms with E-state index in [-0.39, 0.29) is 4.90 Å². The first-order valence-corrected chi connectivity index (χ1v) is 16.5. The van der Waals surface area contributed by atoms with Crippen molar-refractivity contribution in [1.82, 2.24) is 0 Å². The predicted molar refractivity (Wildman–Crippen MR) is 133 cm³/mol. The molecule has 3 nitrogen and oxygen atoms in total. The van der Waals surface area contributed by atoms with Crippen LogP contribution in [-0.2, 0) is 10.1 Å². The zero-order chi connectivity index (χ0) is 22.3. The van der Waals surface area contributed by atoms with Gasteiger partial charge >= 0.3 is 123 Å². The number of unbranched alkanes of at least 4 members (excludes halogenated alkanes) is 5. The molecule has 0 atom stereocenters. The molecule has 0 spiro atoms. The van der Waals surface area contributed by atoms with E-state index in [9.17, 15) is 8.42 Å². The molecule has 1 aromatic rings. The minimum absolute atomic E-state index is 0.0741. The summed E-state index contributed by atoms with van der Waals surface area (Å²) < 4.78 is 29.2. The SMILES string of the molecule is CCCCCP(C)(CCCC)(CCCC)CCCC.O=S(=O)(O)c1ccccc1. The molecule has 0 radical (unpaired) electrons. The molecule has 0 unspecified atom stereocenters. The van der Waals surface area contributed by atoms with Gasteiger partial charge < -0.3 is 0 Å². The molecule has 1 rings (SSSR count). The Morgan fingerprint density at radius 2 is 1.07 bits per heavy atom. The molecule has 5 heteroatoms. The van der Waals surface area contributed by atoms with Gasteiger partial charge in [0.15, 0.2) is 0 Å². The van der Waals surface area contributed by atoms with Crippen LogP contribution in [0.15, 0.2) is 35.2 Å². The average molecular weight is 447 g/mol. The summed E-state index contributed by atoms with van der Waals surface area (Å²) in [5.41, 5.74) is 0. The fraction of sp³-hybridized carbons (Fsp3) is 0.750. The van der Waals surface area contributed by atoms with Crippen LogP contribution >= 0.6 is 6.60 Å². The summed E-state index contributed by atoms with van der Waals surface area (Å²) in [6.07, 6.45) is 19.3. The van der Waals surface area contributed by atoms with Crippen LogP contribution in [-0.4, -0.2) is 44.3 Å². The number of benzene rings is 1. The van der Waals surface area contributed by atoms with Crippen molar-refractivity contribution in [3.8, 4) is 0 Å². The molecule has 0 aliphatic carbocycles. The Labute approximate surface area is 181 Å². The molecular weight excluding hydrogens is 399 g/mol. The Morgan fingerprint density at radius 1 is 0.690 bits per heavy atom. The first-order valence-electron chi connectivity index (χ1n) is 11.7. The topological polar surface area (TPSA) is 54.4 Å². The summed E-state index contributed by atoms with van der Waals surface area (Å²) >= 11 is 0. The average Bonchev–Trinajstić information content (AvgIpc) is 2.71. The molecule has 1 aromatic carbocycles. The van der Waals surface area contributed by atoms with Crippen LogP contribution in [0.5, 0.6) is 0 Å². The zero-order valence-electron chi connectivity index (χ0n) is 19.7. The van der Waals surface area contributed by atoms with Crippen molar-refractivity contribution in [2.24, 2.45) is 0 Å². The third-order valence-electron chi connectivity index (χ3n) is 6.13. The quantitative estimate of drug-likeness (QED) is 0.181. The Bertz CT molecular complexity index is 604. The maximum Gasteiger partial charge on any atom is 0.294 e. The standard InChI is InChI=1S/C18H41P.C6H6O3S/c1-6-10-14-18-19(5,15-11-7-2,16-12-8-3)17-13-9-4;7-10(8,9)6-4-2-1-3-5-6/h6-18H2,1-5H3;1-5H,(H,7,8,9). The first-order chi connectivity index (χ1) is 13.6. The Hall–Kier alpha value is -0.440. The Kier molecular flexibility index (Phi) is 14.3. The van der Waals surface area contributed by atoms with Crippen molar-refractivity contribution in [3.63, 3.8) is 0 Å². The summed E-state index contributed by atoms with van der Waals surface area (Å²) in [4.78, 5) is -0.0741. The van der Waals surface area contributed by atoms with E-state index in [1.54, 1.807) is 42.8 Å². The minimum Gasteiger partial charge on any atom is -0.282 e. The summed E-state index contributed by atoms with van der Waals surface area (Å²) in [6, 6.07) is 7.42. The van der Waals surface area contributed by atoms with E-state index in [2.05, 4.69) is 34.4 Å². The van der Waals surface area contributed by atoms with E-state index in [0.29, 0.717) is 0 Å². The van der Waals surface area contributed by atoms with E-state index in [1.807, 2.05) is 0 Å². The summed E-state index contributed by atoms with van der Waals surface area (Å²) in [5, 5.41) is 0. The molecule has 1 N–H and O–H groups in total. The second-order valence-corrected chi connectivity index (χ2v) is 17.5. The summed E-state index contributed by atoms with van der Waals surface area (Å²) in [6.45, 7) is 10.8.